The molecule has 0 aromatic heterocycles. The van der Waals surface area contributed by atoms with Crippen molar-refractivity contribution in [3.63, 3.8) is 0 Å². The van der Waals surface area contributed by atoms with E-state index in [4.69, 9.17) is 0 Å². The van der Waals surface area contributed by atoms with Crippen molar-refractivity contribution in [1.82, 2.24) is 15.4 Å². The molecular formula is C22H35N3O3S. The third-order valence-corrected chi connectivity index (χ3v) is 6.09. The SMILES string of the molecule is CC(C)C(NS(=O)(=O)C=Cc1ccccc1)C(=O)NC1CC(C)(C)NC(C)(C)C1. The van der Waals surface area contributed by atoms with Crippen molar-refractivity contribution in [3.05, 3.63) is 41.3 Å². The van der Waals surface area contributed by atoms with E-state index < -0.39 is 16.1 Å². The fourth-order valence-corrected chi connectivity index (χ4v) is 5.30. The number of hydrogen-bond acceptors (Lipinski definition) is 4. The van der Waals surface area contributed by atoms with E-state index >= 15 is 0 Å². The molecule has 1 aromatic rings. The van der Waals surface area contributed by atoms with Crippen molar-refractivity contribution in [2.45, 2.75) is 77.5 Å². The molecule has 0 aliphatic carbocycles. The highest BCUT2D eigenvalue weighted by Gasteiger charge is 2.39. The van der Waals surface area contributed by atoms with Crippen LogP contribution in [0.2, 0.25) is 0 Å². The summed E-state index contributed by atoms with van der Waals surface area (Å²) in [5.41, 5.74) is 0.568. The van der Waals surface area contributed by atoms with E-state index in [1.165, 1.54) is 6.08 Å². The Bertz CT molecular complexity index is 814. The first kappa shape index (κ1) is 23.6. The molecule has 0 saturated carbocycles. The second kappa shape index (κ2) is 8.98. The second-order valence-electron chi connectivity index (χ2n) is 9.60. The number of rotatable bonds is 7. The molecule has 1 heterocycles. The maximum Gasteiger partial charge on any atom is 0.238 e. The predicted molar refractivity (Wildman–Crippen MR) is 119 cm³/mol. The number of benzene rings is 1. The van der Waals surface area contributed by atoms with Crippen LogP contribution in [0.1, 0.15) is 59.9 Å². The molecule has 1 fully saturated rings. The maximum atomic E-state index is 12.9. The van der Waals surface area contributed by atoms with Gasteiger partial charge in [-0.2, -0.15) is 4.72 Å². The lowest BCUT2D eigenvalue weighted by Crippen LogP contribution is -2.63. The van der Waals surface area contributed by atoms with Gasteiger partial charge < -0.3 is 10.6 Å². The van der Waals surface area contributed by atoms with Gasteiger partial charge in [0.15, 0.2) is 0 Å². The van der Waals surface area contributed by atoms with Gasteiger partial charge in [0.1, 0.15) is 6.04 Å². The van der Waals surface area contributed by atoms with Crippen LogP contribution in [0.4, 0.5) is 0 Å². The summed E-state index contributed by atoms with van der Waals surface area (Å²) >= 11 is 0. The highest BCUT2D eigenvalue weighted by Crippen LogP contribution is 2.28. The van der Waals surface area contributed by atoms with Crippen LogP contribution >= 0.6 is 0 Å². The number of hydrogen-bond donors (Lipinski definition) is 3. The summed E-state index contributed by atoms with van der Waals surface area (Å²) in [7, 11) is -3.76. The van der Waals surface area contributed by atoms with E-state index in [-0.39, 0.29) is 28.9 Å². The predicted octanol–water partition coefficient (Wildman–Crippen LogP) is 3.03. The first-order chi connectivity index (χ1) is 13.3. The number of amides is 1. The third kappa shape index (κ3) is 7.57. The molecule has 29 heavy (non-hydrogen) atoms. The summed E-state index contributed by atoms with van der Waals surface area (Å²) in [6.07, 6.45) is 3.09. The minimum Gasteiger partial charge on any atom is -0.352 e. The highest BCUT2D eigenvalue weighted by atomic mass is 32.2. The van der Waals surface area contributed by atoms with Gasteiger partial charge in [0.05, 0.1) is 0 Å². The molecule has 0 radical (unpaired) electrons. The lowest BCUT2D eigenvalue weighted by molar-refractivity contribution is -0.124. The summed E-state index contributed by atoms with van der Waals surface area (Å²) in [4.78, 5) is 12.9. The number of nitrogens with one attached hydrogen (secondary N) is 3. The summed E-state index contributed by atoms with van der Waals surface area (Å²) < 4.78 is 27.6. The fraction of sp³-hybridized carbons (Fsp3) is 0.591. The van der Waals surface area contributed by atoms with Crippen LogP contribution in [0.3, 0.4) is 0 Å². The molecule has 162 valence electrons. The van der Waals surface area contributed by atoms with Gasteiger partial charge in [0.2, 0.25) is 15.9 Å². The monoisotopic (exact) mass is 421 g/mol. The summed E-state index contributed by atoms with van der Waals surface area (Å²) in [6.45, 7) is 12.1. The zero-order valence-corrected chi connectivity index (χ0v) is 19.1. The Labute approximate surface area is 175 Å². The van der Waals surface area contributed by atoms with Gasteiger partial charge in [-0.15, -0.1) is 0 Å². The Morgan fingerprint density at radius 2 is 1.66 bits per heavy atom. The molecule has 1 unspecified atom stereocenters. The van der Waals surface area contributed by atoms with Crippen LogP contribution in [0.15, 0.2) is 35.7 Å². The molecule has 1 saturated heterocycles. The van der Waals surface area contributed by atoms with Crippen LogP contribution in [0, 0.1) is 5.92 Å². The van der Waals surface area contributed by atoms with E-state index in [1.807, 2.05) is 44.2 Å². The number of piperidine rings is 1. The minimum atomic E-state index is -3.76. The molecule has 1 amide bonds. The molecule has 2 rings (SSSR count). The van der Waals surface area contributed by atoms with Crippen molar-refractivity contribution in [2.75, 3.05) is 0 Å². The molecule has 0 bridgehead atoms. The molecule has 1 atom stereocenters. The van der Waals surface area contributed by atoms with Crippen LogP contribution in [0.5, 0.6) is 0 Å². The quantitative estimate of drug-likeness (QED) is 0.632. The zero-order valence-electron chi connectivity index (χ0n) is 18.3. The van der Waals surface area contributed by atoms with Gasteiger partial charge in [-0.25, -0.2) is 8.42 Å². The highest BCUT2D eigenvalue weighted by molar-refractivity contribution is 7.92. The largest absolute Gasteiger partial charge is 0.352 e. The topological polar surface area (TPSA) is 87.3 Å². The zero-order chi connectivity index (χ0) is 21.9. The molecule has 0 spiro atoms. The Balaban J connectivity index is 2.08. The maximum absolute atomic E-state index is 12.9. The second-order valence-corrected chi connectivity index (χ2v) is 11.2. The van der Waals surface area contributed by atoms with Crippen molar-refractivity contribution >= 4 is 22.0 Å². The first-order valence-electron chi connectivity index (χ1n) is 10.1. The van der Waals surface area contributed by atoms with Crippen molar-refractivity contribution < 1.29 is 13.2 Å². The average Bonchev–Trinajstić information content (AvgIpc) is 2.56. The van der Waals surface area contributed by atoms with E-state index in [2.05, 4.69) is 43.1 Å². The molecule has 1 aliphatic rings. The summed E-state index contributed by atoms with van der Waals surface area (Å²) in [6, 6.07) is 8.34. The van der Waals surface area contributed by atoms with Crippen molar-refractivity contribution in [1.29, 1.82) is 0 Å². The van der Waals surface area contributed by atoms with Crippen LogP contribution in [-0.2, 0) is 14.8 Å². The number of carbonyl (C=O) groups excluding carboxylic acids is 1. The lowest BCUT2D eigenvalue weighted by atomic mass is 9.79. The fourth-order valence-electron chi connectivity index (χ4n) is 4.16. The van der Waals surface area contributed by atoms with E-state index in [9.17, 15) is 13.2 Å². The van der Waals surface area contributed by atoms with Crippen molar-refractivity contribution in [3.8, 4) is 0 Å². The molecule has 3 N–H and O–H groups in total. The molecule has 7 heteroatoms. The van der Waals surface area contributed by atoms with Crippen LogP contribution in [-0.4, -0.2) is 37.5 Å². The van der Waals surface area contributed by atoms with Gasteiger partial charge in [-0.05, 0) is 58.1 Å². The summed E-state index contributed by atoms with van der Waals surface area (Å²) in [5.74, 6) is -0.465. The lowest BCUT2D eigenvalue weighted by Gasteiger charge is -2.46. The number of sulfonamides is 1. The Hall–Kier alpha value is -1.70. The minimum absolute atomic E-state index is 0.0145. The van der Waals surface area contributed by atoms with Gasteiger partial charge in [0, 0.05) is 22.5 Å². The molecule has 1 aliphatic heterocycles. The van der Waals surface area contributed by atoms with Crippen molar-refractivity contribution in [2.24, 2.45) is 5.92 Å². The van der Waals surface area contributed by atoms with Gasteiger partial charge in [-0.1, -0.05) is 44.2 Å². The van der Waals surface area contributed by atoms with Crippen LogP contribution < -0.4 is 15.4 Å². The van der Waals surface area contributed by atoms with E-state index in [1.54, 1.807) is 0 Å². The van der Waals surface area contributed by atoms with Crippen LogP contribution in [0.25, 0.3) is 6.08 Å². The Morgan fingerprint density at radius 1 is 1.10 bits per heavy atom. The van der Waals surface area contributed by atoms with Gasteiger partial charge in [0.25, 0.3) is 0 Å². The Morgan fingerprint density at radius 3 is 2.17 bits per heavy atom. The molecule has 6 nitrogen and oxygen atoms in total. The van der Waals surface area contributed by atoms with E-state index in [0.29, 0.717) is 0 Å². The molecular weight excluding hydrogens is 386 g/mol. The average molecular weight is 422 g/mol. The smallest absolute Gasteiger partial charge is 0.238 e. The van der Waals surface area contributed by atoms with Gasteiger partial charge >= 0.3 is 0 Å². The first-order valence-corrected chi connectivity index (χ1v) is 11.7. The van der Waals surface area contributed by atoms with E-state index in [0.717, 1.165) is 23.8 Å². The number of carbonyl (C=O) groups is 1. The van der Waals surface area contributed by atoms with Gasteiger partial charge in [-0.3, -0.25) is 4.79 Å². The standard InChI is InChI=1S/C22H35N3O3S/c1-16(2)19(24-29(27,28)13-12-17-10-8-7-9-11-17)20(26)23-18-14-21(3,4)25-22(5,6)15-18/h7-13,16,18-19,24-25H,14-15H2,1-6H3,(H,23,26). The Kier molecular flexibility index (Phi) is 7.30. The normalized spacial score (nSPS) is 20.7. The third-order valence-electron chi connectivity index (χ3n) is 5.02. The summed E-state index contributed by atoms with van der Waals surface area (Å²) in [5, 5.41) is 7.78. The molecule has 1 aromatic carbocycles.